The van der Waals surface area contributed by atoms with Crippen LogP contribution in [0.25, 0.3) is 0 Å². The molecule has 8 heteroatoms. The van der Waals surface area contributed by atoms with Crippen LogP contribution in [0.15, 0.2) is 11.4 Å². The molecule has 0 saturated heterocycles. The lowest BCUT2D eigenvalue weighted by molar-refractivity contribution is 0.574. The Morgan fingerprint density at radius 2 is 2.33 bits per heavy atom. The van der Waals surface area contributed by atoms with Crippen LogP contribution in [0, 0.1) is 0 Å². The molecule has 0 unspecified atom stereocenters. The van der Waals surface area contributed by atoms with Crippen molar-refractivity contribution in [2.24, 2.45) is 7.05 Å². The summed E-state index contributed by atoms with van der Waals surface area (Å²) >= 11 is 1.57. The van der Waals surface area contributed by atoms with Crippen molar-refractivity contribution in [2.75, 3.05) is 24.3 Å². The fourth-order valence-electron chi connectivity index (χ4n) is 1.11. The first-order valence-corrected chi connectivity index (χ1v) is 7.12. The van der Waals surface area contributed by atoms with Gasteiger partial charge in [-0.2, -0.15) is 11.8 Å². The van der Waals surface area contributed by atoms with Crippen molar-refractivity contribution in [2.45, 2.75) is 5.03 Å². The summed E-state index contributed by atoms with van der Waals surface area (Å²) in [6, 6.07) is 0. The molecule has 1 rings (SSSR count). The Hall–Kier alpha value is -0.730. The molecule has 6 nitrogen and oxygen atoms in total. The highest BCUT2D eigenvalue weighted by Gasteiger charge is 2.21. The summed E-state index contributed by atoms with van der Waals surface area (Å²) in [5, 5.41) is 0.0172. The first kappa shape index (κ1) is 12.3. The molecule has 0 spiro atoms. The number of nitrogens with one attached hydrogen (secondary N) is 1. The van der Waals surface area contributed by atoms with Gasteiger partial charge in [0.05, 0.1) is 6.33 Å². The summed E-state index contributed by atoms with van der Waals surface area (Å²) in [6.07, 6.45) is 3.28. The monoisotopic (exact) mass is 250 g/mol. The van der Waals surface area contributed by atoms with E-state index >= 15 is 0 Å². The molecule has 1 aromatic heterocycles. The molecule has 15 heavy (non-hydrogen) atoms. The number of hydrogen-bond acceptors (Lipinski definition) is 5. The second-order valence-corrected chi connectivity index (χ2v) is 5.60. The molecule has 1 aromatic rings. The fraction of sp³-hybridized carbons (Fsp3) is 0.571. The van der Waals surface area contributed by atoms with E-state index in [1.165, 1.54) is 10.9 Å². The molecule has 0 aliphatic rings. The molecule has 86 valence electrons. The van der Waals surface area contributed by atoms with E-state index < -0.39 is 10.0 Å². The van der Waals surface area contributed by atoms with Gasteiger partial charge in [0, 0.05) is 19.3 Å². The zero-order valence-corrected chi connectivity index (χ0v) is 10.2. The third-order valence-corrected chi connectivity index (χ3v) is 3.97. The number of nitrogen functional groups attached to an aromatic ring is 1. The maximum absolute atomic E-state index is 11.7. The molecular weight excluding hydrogens is 236 g/mol. The van der Waals surface area contributed by atoms with Gasteiger partial charge >= 0.3 is 0 Å². The van der Waals surface area contributed by atoms with Crippen LogP contribution in [0.5, 0.6) is 0 Å². The lowest BCUT2D eigenvalue weighted by Gasteiger charge is -2.06. The van der Waals surface area contributed by atoms with Gasteiger partial charge in [-0.3, -0.25) is 0 Å². The van der Waals surface area contributed by atoms with Gasteiger partial charge in [-0.05, 0) is 6.26 Å². The quantitative estimate of drug-likeness (QED) is 0.697. The number of aromatic nitrogens is 2. The Morgan fingerprint density at radius 3 is 2.80 bits per heavy atom. The van der Waals surface area contributed by atoms with E-state index in [2.05, 4.69) is 9.71 Å². The van der Waals surface area contributed by atoms with E-state index in [0.717, 1.165) is 5.75 Å². The van der Waals surface area contributed by atoms with Crippen LogP contribution < -0.4 is 10.5 Å². The predicted molar refractivity (Wildman–Crippen MR) is 61.2 cm³/mol. The van der Waals surface area contributed by atoms with Crippen LogP contribution in [0.3, 0.4) is 0 Å². The molecule has 0 aromatic carbocycles. The number of imidazole rings is 1. The third kappa shape index (κ3) is 2.86. The topological polar surface area (TPSA) is 90.0 Å². The number of sulfonamides is 1. The van der Waals surface area contributed by atoms with Crippen molar-refractivity contribution in [1.29, 1.82) is 0 Å². The second kappa shape index (κ2) is 4.86. The van der Waals surface area contributed by atoms with Gasteiger partial charge in [0.1, 0.15) is 0 Å². The lowest BCUT2D eigenvalue weighted by Crippen LogP contribution is -2.28. The molecule has 0 aliphatic carbocycles. The van der Waals surface area contributed by atoms with Crippen molar-refractivity contribution in [3.63, 3.8) is 0 Å². The molecule has 1 heterocycles. The number of anilines is 1. The Labute approximate surface area is 93.3 Å². The summed E-state index contributed by atoms with van der Waals surface area (Å²) in [5.74, 6) is 0.742. The van der Waals surface area contributed by atoms with Crippen LogP contribution in [0.4, 0.5) is 5.82 Å². The highest BCUT2D eigenvalue weighted by atomic mass is 32.2. The smallest absolute Gasteiger partial charge is 0.260 e. The minimum absolute atomic E-state index is 0.0172. The number of thioether (sulfide) groups is 1. The van der Waals surface area contributed by atoms with Gasteiger partial charge in [-0.25, -0.2) is 18.1 Å². The van der Waals surface area contributed by atoms with Crippen molar-refractivity contribution in [3.05, 3.63) is 6.33 Å². The average molecular weight is 250 g/mol. The van der Waals surface area contributed by atoms with Crippen LogP contribution in [0.1, 0.15) is 0 Å². The van der Waals surface area contributed by atoms with E-state index in [9.17, 15) is 8.42 Å². The van der Waals surface area contributed by atoms with E-state index in [1.807, 2.05) is 6.26 Å². The first-order chi connectivity index (χ1) is 6.99. The normalized spacial score (nSPS) is 11.9. The molecule has 0 radical (unpaired) electrons. The number of nitrogens with zero attached hydrogens (tertiary/aromatic N) is 2. The summed E-state index contributed by atoms with van der Waals surface area (Å²) < 4.78 is 27.3. The van der Waals surface area contributed by atoms with Crippen LogP contribution in [0.2, 0.25) is 0 Å². The largest absolute Gasteiger partial charge is 0.381 e. The summed E-state index contributed by atoms with van der Waals surface area (Å²) in [5.41, 5.74) is 5.48. The fourth-order valence-corrected chi connectivity index (χ4v) is 2.81. The minimum atomic E-state index is -3.54. The zero-order valence-electron chi connectivity index (χ0n) is 8.60. The lowest BCUT2D eigenvalue weighted by atomic mass is 10.8. The van der Waals surface area contributed by atoms with Gasteiger partial charge in [-0.1, -0.05) is 0 Å². The van der Waals surface area contributed by atoms with Crippen molar-refractivity contribution < 1.29 is 8.42 Å². The van der Waals surface area contributed by atoms with E-state index in [1.54, 1.807) is 18.8 Å². The molecule has 0 amide bonds. The molecule has 0 saturated carbocycles. The second-order valence-electron chi connectivity index (χ2n) is 2.94. The van der Waals surface area contributed by atoms with E-state index in [0.29, 0.717) is 6.54 Å². The third-order valence-electron chi connectivity index (χ3n) is 1.76. The Bertz CT molecular complexity index is 407. The van der Waals surface area contributed by atoms with E-state index in [4.69, 9.17) is 5.73 Å². The van der Waals surface area contributed by atoms with Crippen LogP contribution in [-0.4, -0.2) is 36.5 Å². The Morgan fingerprint density at radius 1 is 1.67 bits per heavy atom. The van der Waals surface area contributed by atoms with Gasteiger partial charge in [0.2, 0.25) is 0 Å². The number of aryl methyl sites for hydroxylation is 1. The van der Waals surface area contributed by atoms with Crippen LogP contribution in [-0.2, 0) is 17.1 Å². The summed E-state index contributed by atoms with van der Waals surface area (Å²) in [4.78, 5) is 3.73. The van der Waals surface area contributed by atoms with Gasteiger partial charge in [0.25, 0.3) is 10.0 Å². The predicted octanol–water partition coefficient (Wildman–Crippen LogP) is -0.356. The summed E-state index contributed by atoms with van der Waals surface area (Å²) in [6.45, 7) is 0.383. The molecule has 3 N–H and O–H groups in total. The average Bonchev–Trinajstić information content (AvgIpc) is 2.46. The first-order valence-electron chi connectivity index (χ1n) is 4.24. The summed E-state index contributed by atoms with van der Waals surface area (Å²) in [7, 11) is -1.95. The van der Waals surface area contributed by atoms with Crippen LogP contribution >= 0.6 is 11.8 Å². The Balaban J connectivity index is 2.87. The number of hydrogen-bond donors (Lipinski definition) is 2. The number of rotatable bonds is 5. The standard InChI is InChI=1S/C7H14N4O2S2/c1-11-5-9-6(8)7(11)15(12,13)10-3-4-14-2/h5,10H,3-4,8H2,1-2H3. The maximum atomic E-state index is 11.7. The molecule has 0 bridgehead atoms. The van der Waals surface area contributed by atoms with Crippen molar-refractivity contribution in [3.8, 4) is 0 Å². The minimum Gasteiger partial charge on any atom is -0.381 e. The Kier molecular flexibility index (Phi) is 4.00. The van der Waals surface area contributed by atoms with Gasteiger partial charge in [0.15, 0.2) is 10.8 Å². The SMILES string of the molecule is CSCCNS(=O)(=O)c1c(N)ncn1C. The highest BCUT2D eigenvalue weighted by molar-refractivity contribution is 7.98. The number of nitrogens with two attached hydrogens (primary N) is 1. The van der Waals surface area contributed by atoms with E-state index in [-0.39, 0.29) is 10.8 Å². The zero-order chi connectivity index (χ0) is 11.5. The maximum Gasteiger partial charge on any atom is 0.260 e. The molecular formula is C7H14N4O2S2. The highest BCUT2D eigenvalue weighted by Crippen LogP contribution is 2.14. The van der Waals surface area contributed by atoms with Gasteiger partial charge in [-0.15, -0.1) is 0 Å². The molecule has 0 fully saturated rings. The van der Waals surface area contributed by atoms with Gasteiger partial charge < -0.3 is 10.3 Å². The molecule has 0 atom stereocenters. The molecule has 0 aliphatic heterocycles. The van der Waals surface area contributed by atoms with Crippen molar-refractivity contribution in [1.82, 2.24) is 14.3 Å². The van der Waals surface area contributed by atoms with Crippen molar-refractivity contribution >= 4 is 27.6 Å².